The Morgan fingerprint density at radius 3 is 2.89 bits per heavy atom. The number of rotatable bonds is 8. The van der Waals surface area contributed by atoms with Crippen LogP contribution in [-0.4, -0.2) is 45.5 Å². The predicted octanol–water partition coefficient (Wildman–Crippen LogP) is 0.637. The van der Waals surface area contributed by atoms with Crippen molar-refractivity contribution in [3.8, 4) is 0 Å². The molecule has 0 bridgehead atoms. The number of hydrogen-bond acceptors (Lipinski definition) is 6. The monoisotopic (exact) mass is 304 g/mol. The molecule has 1 aromatic heterocycles. The number of nitrogens with one attached hydrogen (secondary N) is 1. The number of carbonyl (C=O) groups is 2. The van der Waals surface area contributed by atoms with E-state index in [-0.39, 0.29) is 12.5 Å². The van der Waals surface area contributed by atoms with Gasteiger partial charge in [0.05, 0.1) is 17.2 Å². The fourth-order valence-electron chi connectivity index (χ4n) is 1.20. The molecule has 1 atom stereocenters. The predicted molar refractivity (Wildman–Crippen MR) is 74.3 cm³/mol. The molecule has 0 aliphatic rings. The second kappa shape index (κ2) is 8.13. The Labute approximate surface area is 119 Å². The highest BCUT2D eigenvalue weighted by Gasteiger charge is 2.13. The number of aromatic nitrogens is 1. The molecule has 1 amide bonds. The van der Waals surface area contributed by atoms with E-state index >= 15 is 0 Å². The number of aliphatic hydroxyl groups excluding tert-OH is 1. The number of carboxylic acids is 1. The minimum atomic E-state index is -1.55. The summed E-state index contributed by atoms with van der Waals surface area (Å²) in [5, 5.41) is 22.8. The number of aliphatic hydroxyl groups is 1. The van der Waals surface area contributed by atoms with Crippen LogP contribution in [0, 0.1) is 6.92 Å². The van der Waals surface area contributed by atoms with Crippen molar-refractivity contribution >= 4 is 35.0 Å². The number of thiazole rings is 1. The lowest BCUT2D eigenvalue weighted by Crippen LogP contribution is -2.36. The number of aryl methyl sites for hydroxylation is 1. The third-order valence-electron chi connectivity index (χ3n) is 2.17. The Morgan fingerprint density at radius 1 is 1.58 bits per heavy atom. The van der Waals surface area contributed by atoms with E-state index in [4.69, 9.17) is 10.2 Å². The molecule has 0 aliphatic heterocycles. The van der Waals surface area contributed by atoms with Crippen LogP contribution in [0.4, 0.5) is 0 Å². The van der Waals surface area contributed by atoms with E-state index in [0.717, 1.165) is 16.5 Å². The van der Waals surface area contributed by atoms with Gasteiger partial charge in [-0.25, -0.2) is 9.78 Å². The number of nitrogens with zero attached hydrogens (tertiary/aromatic N) is 1. The SMILES string of the molecule is Cc1nc(CSCCC(=O)NCC(O)C(=O)O)cs1. The average molecular weight is 304 g/mol. The molecular weight excluding hydrogens is 288 g/mol. The summed E-state index contributed by atoms with van der Waals surface area (Å²) in [6.45, 7) is 1.68. The first kappa shape index (κ1) is 15.9. The maximum Gasteiger partial charge on any atom is 0.334 e. The van der Waals surface area contributed by atoms with Gasteiger partial charge in [-0.2, -0.15) is 11.8 Å². The van der Waals surface area contributed by atoms with Crippen LogP contribution in [0.2, 0.25) is 0 Å². The van der Waals surface area contributed by atoms with Gasteiger partial charge in [-0.3, -0.25) is 4.79 Å². The number of thioether (sulfide) groups is 1. The Morgan fingerprint density at radius 2 is 2.32 bits per heavy atom. The molecule has 1 unspecified atom stereocenters. The molecule has 0 radical (unpaired) electrons. The van der Waals surface area contributed by atoms with Crippen molar-refractivity contribution in [1.29, 1.82) is 0 Å². The first-order valence-corrected chi connectivity index (χ1v) is 7.69. The van der Waals surface area contributed by atoms with Crippen molar-refractivity contribution in [3.63, 3.8) is 0 Å². The fourth-order valence-corrected chi connectivity index (χ4v) is 2.75. The first-order chi connectivity index (χ1) is 8.99. The second-order valence-corrected chi connectivity index (χ2v) is 5.99. The number of carboxylic acid groups (broad SMARTS) is 1. The largest absolute Gasteiger partial charge is 0.479 e. The zero-order valence-electron chi connectivity index (χ0n) is 10.5. The third kappa shape index (κ3) is 6.55. The van der Waals surface area contributed by atoms with Gasteiger partial charge in [0.25, 0.3) is 0 Å². The van der Waals surface area contributed by atoms with Crippen LogP contribution in [-0.2, 0) is 15.3 Å². The lowest BCUT2D eigenvalue weighted by molar-refractivity contribution is -0.146. The molecule has 1 heterocycles. The summed E-state index contributed by atoms with van der Waals surface area (Å²) in [5.74, 6) is -0.211. The third-order valence-corrected chi connectivity index (χ3v) is 3.98. The molecule has 8 heteroatoms. The van der Waals surface area contributed by atoms with Crippen molar-refractivity contribution in [2.24, 2.45) is 0 Å². The Kier molecular flexibility index (Phi) is 6.82. The summed E-state index contributed by atoms with van der Waals surface area (Å²) in [6, 6.07) is 0. The fraction of sp³-hybridized carbons (Fsp3) is 0.545. The van der Waals surface area contributed by atoms with Crippen LogP contribution in [0.3, 0.4) is 0 Å². The molecule has 1 aromatic rings. The van der Waals surface area contributed by atoms with E-state index in [9.17, 15) is 9.59 Å². The minimum Gasteiger partial charge on any atom is -0.479 e. The molecular formula is C11H16N2O4S2. The zero-order chi connectivity index (χ0) is 14.3. The number of amides is 1. The van der Waals surface area contributed by atoms with E-state index in [2.05, 4.69) is 10.3 Å². The van der Waals surface area contributed by atoms with Gasteiger partial charge >= 0.3 is 5.97 Å². The molecule has 6 nitrogen and oxygen atoms in total. The van der Waals surface area contributed by atoms with Gasteiger partial charge in [-0.05, 0) is 6.92 Å². The first-order valence-electron chi connectivity index (χ1n) is 5.65. The van der Waals surface area contributed by atoms with Crippen molar-refractivity contribution in [2.45, 2.75) is 25.2 Å². The molecule has 0 saturated carbocycles. The Hall–Kier alpha value is -1.12. The van der Waals surface area contributed by atoms with E-state index in [1.165, 1.54) is 0 Å². The van der Waals surface area contributed by atoms with Crippen LogP contribution in [0.15, 0.2) is 5.38 Å². The van der Waals surface area contributed by atoms with Crippen molar-refractivity contribution in [2.75, 3.05) is 12.3 Å². The van der Waals surface area contributed by atoms with Gasteiger partial charge in [0, 0.05) is 23.3 Å². The van der Waals surface area contributed by atoms with E-state index < -0.39 is 12.1 Å². The van der Waals surface area contributed by atoms with E-state index in [1.807, 2.05) is 12.3 Å². The highest BCUT2D eigenvalue weighted by molar-refractivity contribution is 7.98. The minimum absolute atomic E-state index is 0.260. The summed E-state index contributed by atoms with van der Waals surface area (Å²) in [7, 11) is 0. The molecule has 1 rings (SSSR count). The highest BCUT2D eigenvalue weighted by atomic mass is 32.2. The smallest absolute Gasteiger partial charge is 0.334 e. The maximum absolute atomic E-state index is 11.3. The van der Waals surface area contributed by atoms with Crippen molar-refractivity contribution in [3.05, 3.63) is 16.1 Å². The summed E-state index contributed by atoms with van der Waals surface area (Å²) in [5.41, 5.74) is 1.01. The highest BCUT2D eigenvalue weighted by Crippen LogP contribution is 2.15. The number of carbonyl (C=O) groups excluding carboxylic acids is 1. The summed E-state index contributed by atoms with van der Waals surface area (Å²) >= 11 is 3.19. The molecule has 0 saturated heterocycles. The van der Waals surface area contributed by atoms with E-state index in [1.54, 1.807) is 23.1 Å². The number of aliphatic carboxylic acids is 1. The Bertz CT molecular complexity index is 436. The van der Waals surface area contributed by atoms with Gasteiger partial charge in [0.2, 0.25) is 5.91 Å². The molecule has 0 aliphatic carbocycles. The number of hydrogen-bond donors (Lipinski definition) is 3. The van der Waals surface area contributed by atoms with Crippen LogP contribution in [0.25, 0.3) is 0 Å². The van der Waals surface area contributed by atoms with Gasteiger partial charge in [-0.15, -0.1) is 11.3 Å². The van der Waals surface area contributed by atoms with Gasteiger partial charge in [0.1, 0.15) is 0 Å². The van der Waals surface area contributed by atoms with Gasteiger partial charge in [-0.1, -0.05) is 0 Å². The summed E-state index contributed by atoms with van der Waals surface area (Å²) in [4.78, 5) is 26.0. The quantitative estimate of drug-likeness (QED) is 0.609. The van der Waals surface area contributed by atoms with Crippen LogP contribution >= 0.6 is 23.1 Å². The molecule has 0 spiro atoms. The summed E-state index contributed by atoms with van der Waals surface area (Å²) < 4.78 is 0. The second-order valence-electron chi connectivity index (χ2n) is 3.82. The molecule has 0 aromatic carbocycles. The van der Waals surface area contributed by atoms with Crippen molar-refractivity contribution < 1.29 is 19.8 Å². The zero-order valence-corrected chi connectivity index (χ0v) is 12.1. The normalized spacial score (nSPS) is 12.1. The molecule has 106 valence electrons. The topological polar surface area (TPSA) is 99.5 Å². The molecule has 3 N–H and O–H groups in total. The molecule has 19 heavy (non-hydrogen) atoms. The van der Waals surface area contributed by atoms with E-state index in [0.29, 0.717) is 12.2 Å². The van der Waals surface area contributed by atoms with Crippen LogP contribution in [0.5, 0.6) is 0 Å². The molecule has 0 fully saturated rings. The van der Waals surface area contributed by atoms with Crippen LogP contribution in [0.1, 0.15) is 17.1 Å². The van der Waals surface area contributed by atoms with Crippen molar-refractivity contribution in [1.82, 2.24) is 10.3 Å². The van der Waals surface area contributed by atoms with Gasteiger partial charge < -0.3 is 15.5 Å². The van der Waals surface area contributed by atoms with Gasteiger partial charge in [0.15, 0.2) is 6.10 Å². The lowest BCUT2D eigenvalue weighted by Gasteiger charge is -2.07. The maximum atomic E-state index is 11.3. The lowest BCUT2D eigenvalue weighted by atomic mass is 10.3. The Balaban J connectivity index is 2.09. The average Bonchev–Trinajstić information content (AvgIpc) is 2.77. The standard InChI is InChI=1S/C11H16N2O4S2/c1-7-13-8(6-19-7)5-18-3-2-10(15)12-4-9(14)11(16)17/h6,9,14H,2-5H2,1H3,(H,12,15)(H,16,17). The van der Waals surface area contributed by atoms with Crippen LogP contribution < -0.4 is 5.32 Å². The summed E-state index contributed by atoms with van der Waals surface area (Å²) in [6.07, 6.45) is -1.25.